The highest BCUT2D eigenvalue weighted by Crippen LogP contribution is 2.46. The van der Waals surface area contributed by atoms with Crippen LogP contribution in [0.1, 0.15) is 22.3 Å². The Balaban J connectivity index is 0.926. The van der Waals surface area contributed by atoms with Crippen molar-refractivity contribution in [2.24, 2.45) is 0 Å². The van der Waals surface area contributed by atoms with E-state index in [0.717, 1.165) is 22.7 Å². The highest BCUT2D eigenvalue weighted by atomic mass is 32.1. The first-order valence-corrected chi connectivity index (χ1v) is 24.9. The Bertz CT molecular complexity index is 3610. The van der Waals surface area contributed by atoms with E-state index in [0.29, 0.717) is 0 Å². The predicted molar refractivity (Wildman–Crippen MR) is 297 cm³/mol. The van der Waals surface area contributed by atoms with E-state index in [1.165, 1.54) is 107 Å². The molecule has 0 radical (unpaired) electrons. The Kier molecular flexibility index (Phi) is 10.5. The predicted octanol–water partition coefficient (Wildman–Crippen LogP) is 19.6. The van der Waals surface area contributed by atoms with Crippen LogP contribution in [0.3, 0.4) is 0 Å². The lowest BCUT2D eigenvalue weighted by Gasteiger charge is -2.29. The van der Waals surface area contributed by atoms with Gasteiger partial charge in [0, 0.05) is 74.5 Å². The van der Waals surface area contributed by atoms with Crippen molar-refractivity contribution in [3.63, 3.8) is 0 Å². The van der Waals surface area contributed by atoms with Crippen LogP contribution in [0.5, 0.6) is 0 Å². The molecule has 2 nitrogen and oxygen atoms in total. The third-order valence-electron chi connectivity index (χ3n) is 13.6. The summed E-state index contributed by atoms with van der Waals surface area (Å²) in [5, 5.41) is 5.15. The molecule has 12 rings (SSSR count). The Hall–Kier alpha value is -7.76. The number of rotatable bonds is 9. The van der Waals surface area contributed by atoms with E-state index in [1.54, 1.807) is 0 Å². The van der Waals surface area contributed by atoms with Crippen LogP contribution in [0.4, 0.5) is 34.1 Å². The Morgan fingerprint density at radius 1 is 0.265 bits per heavy atom. The number of hydrogen-bond donors (Lipinski definition) is 0. The van der Waals surface area contributed by atoms with Crippen molar-refractivity contribution >= 4 is 97.1 Å². The van der Waals surface area contributed by atoms with Crippen molar-refractivity contribution in [2.75, 3.05) is 9.80 Å². The minimum absolute atomic E-state index is 1.14. The van der Waals surface area contributed by atoms with Gasteiger partial charge in [-0.25, -0.2) is 0 Å². The number of benzene rings is 10. The second-order valence-corrected chi connectivity index (χ2v) is 20.1. The van der Waals surface area contributed by atoms with Crippen LogP contribution in [-0.2, 0) is 0 Å². The molecule has 2 heterocycles. The monoisotopic (exact) mass is 908 g/mol. The Labute approximate surface area is 406 Å². The van der Waals surface area contributed by atoms with Gasteiger partial charge in [0.2, 0.25) is 0 Å². The Morgan fingerprint density at radius 3 is 1.00 bits per heavy atom. The van der Waals surface area contributed by atoms with Gasteiger partial charge in [0.15, 0.2) is 0 Å². The number of nitrogens with zero attached hydrogens (tertiary/aromatic N) is 2. The van der Waals surface area contributed by atoms with E-state index in [-0.39, 0.29) is 0 Å². The summed E-state index contributed by atoms with van der Waals surface area (Å²) < 4.78 is 5.20. The van der Waals surface area contributed by atoms with E-state index in [4.69, 9.17) is 0 Å². The minimum Gasteiger partial charge on any atom is -0.310 e. The van der Waals surface area contributed by atoms with Crippen LogP contribution in [0, 0.1) is 27.7 Å². The van der Waals surface area contributed by atoms with E-state index < -0.39 is 0 Å². The second kappa shape index (κ2) is 17.2. The lowest BCUT2D eigenvalue weighted by Crippen LogP contribution is -2.12. The van der Waals surface area contributed by atoms with Crippen molar-refractivity contribution in [3.05, 3.63) is 241 Å². The zero-order valence-corrected chi connectivity index (χ0v) is 40.1. The summed E-state index contributed by atoms with van der Waals surface area (Å²) in [4.78, 5) is 4.87. The average molecular weight is 909 g/mol. The molecule has 0 aliphatic heterocycles. The van der Waals surface area contributed by atoms with E-state index in [2.05, 4.69) is 256 Å². The number of thiophene rings is 2. The van der Waals surface area contributed by atoms with Gasteiger partial charge in [0.25, 0.3) is 0 Å². The number of aryl methyl sites for hydroxylation is 4. The first-order valence-electron chi connectivity index (χ1n) is 23.3. The number of hydrogen-bond acceptors (Lipinski definition) is 4. The SMILES string of the molecule is Cc1cc(N(c2ccc3sc4ccc(-c5ccccc5)cc4c3c2)c2ccccc2C)ccc1-c1ccc(N(c2ccc3sc4ccc(-c5ccccc5)cc4c3c2)c2ccccc2C)cc1C. The van der Waals surface area contributed by atoms with Crippen molar-refractivity contribution < 1.29 is 0 Å². The maximum absolute atomic E-state index is 2.43. The third kappa shape index (κ3) is 7.43. The molecule has 0 saturated heterocycles. The fourth-order valence-corrected chi connectivity index (χ4v) is 12.2. The van der Waals surface area contributed by atoms with Gasteiger partial charge in [-0.15, -0.1) is 22.7 Å². The average Bonchev–Trinajstić information content (AvgIpc) is 3.93. The molecule has 0 unspecified atom stereocenters. The van der Waals surface area contributed by atoms with Crippen molar-refractivity contribution in [2.45, 2.75) is 27.7 Å². The smallest absolute Gasteiger partial charge is 0.0490 e. The molecule has 0 aliphatic rings. The summed E-state index contributed by atoms with van der Waals surface area (Å²) >= 11 is 3.73. The van der Waals surface area contributed by atoms with Crippen LogP contribution < -0.4 is 9.80 Å². The molecule has 4 heteroatoms. The van der Waals surface area contributed by atoms with Crippen LogP contribution >= 0.6 is 22.7 Å². The van der Waals surface area contributed by atoms with Gasteiger partial charge in [-0.1, -0.05) is 121 Å². The van der Waals surface area contributed by atoms with Gasteiger partial charge in [-0.3, -0.25) is 0 Å². The molecule has 10 aromatic carbocycles. The molecule has 0 bridgehead atoms. The summed E-state index contributed by atoms with van der Waals surface area (Å²) in [5.74, 6) is 0. The third-order valence-corrected chi connectivity index (χ3v) is 15.9. The topological polar surface area (TPSA) is 6.48 Å². The van der Waals surface area contributed by atoms with Gasteiger partial charge >= 0.3 is 0 Å². The second-order valence-electron chi connectivity index (χ2n) is 18.0. The summed E-state index contributed by atoms with van der Waals surface area (Å²) in [6, 6.07) is 80.6. The largest absolute Gasteiger partial charge is 0.310 e. The summed E-state index contributed by atoms with van der Waals surface area (Å²) in [7, 11) is 0. The first-order chi connectivity index (χ1) is 33.3. The molecule has 2 aromatic heterocycles. The van der Waals surface area contributed by atoms with Crippen LogP contribution in [0.2, 0.25) is 0 Å². The Morgan fingerprint density at radius 2 is 0.603 bits per heavy atom. The van der Waals surface area contributed by atoms with Gasteiger partial charge < -0.3 is 9.80 Å². The molecule has 0 saturated carbocycles. The molecule has 0 fully saturated rings. The normalized spacial score (nSPS) is 11.5. The molecule has 0 N–H and O–H groups in total. The maximum atomic E-state index is 2.43. The van der Waals surface area contributed by atoms with Crippen molar-refractivity contribution in [1.29, 1.82) is 0 Å². The van der Waals surface area contributed by atoms with Gasteiger partial charge in [-0.05, 0) is 180 Å². The van der Waals surface area contributed by atoms with Crippen molar-refractivity contribution in [3.8, 4) is 33.4 Å². The molecular weight excluding hydrogens is 861 g/mol. The lowest BCUT2D eigenvalue weighted by molar-refractivity contribution is 1.24. The van der Waals surface area contributed by atoms with Gasteiger partial charge in [-0.2, -0.15) is 0 Å². The standard InChI is InChI=1S/C64H48N2S2/c1-41-15-11-13-21-59(41)65(51-27-33-63-57(39-51)55-37-47(23-31-61(55)67-63)45-17-7-5-8-18-45)49-25-29-53(43(3)35-49)54-30-26-50(36-44(54)4)66(60-22-14-12-16-42(60)2)52-28-34-64-58(40-52)56-38-48(24-32-62(56)68-64)46-19-9-6-10-20-46/h5-40H,1-4H3. The molecule has 0 aliphatic carbocycles. The first kappa shape index (κ1) is 41.7. The van der Waals surface area contributed by atoms with E-state index >= 15 is 0 Å². The van der Waals surface area contributed by atoms with Crippen LogP contribution in [0.25, 0.3) is 73.7 Å². The zero-order chi connectivity index (χ0) is 45.9. The van der Waals surface area contributed by atoms with E-state index in [9.17, 15) is 0 Å². The number of para-hydroxylation sites is 2. The van der Waals surface area contributed by atoms with Crippen LogP contribution in [-0.4, -0.2) is 0 Å². The molecule has 12 aromatic rings. The summed E-state index contributed by atoms with van der Waals surface area (Å²) in [5.41, 5.74) is 19.2. The maximum Gasteiger partial charge on any atom is 0.0490 e. The fraction of sp³-hybridized carbons (Fsp3) is 0.0625. The molecule has 326 valence electrons. The highest BCUT2D eigenvalue weighted by molar-refractivity contribution is 7.26. The minimum atomic E-state index is 1.14. The summed E-state index contributed by atoms with van der Waals surface area (Å²) in [6.07, 6.45) is 0. The molecule has 0 atom stereocenters. The van der Waals surface area contributed by atoms with Gasteiger partial charge in [0.05, 0.1) is 0 Å². The fourth-order valence-electron chi connectivity index (χ4n) is 10.1. The summed E-state index contributed by atoms with van der Waals surface area (Å²) in [6.45, 7) is 8.93. The molecule has 68 heavy (non-hydrogen) atoms. The van der Waals surface area contributed by atoms with Gasteiger partial charge in [0.1, 0.15) is 0 Å². The number of anilines is 6. The quantitative estimate of drug-likeness (QED) is 0.142. The molecule has 0 spiro atoms. The number of fused-ring (bicyclic) bond motifs is 6. The molecular formula is C64H48N2S2. The van der Waals surface area contributed by atoms with Crippen molar-refractivity contribution in [1.82, 2.24) is 0 Å². The molecule has 0 amide bonds. The zero-order valence-electron chi connectivity index (χ0n) is 38.5. The lowest BCUT2D eigenvalue weighted by atomic mass is 9.95. The van der Waals surface area contributed by atoms with E-state index in [1.807, 2.05) is 22.7 Å². The van der Waals surface area contributed by atoms with Crippen LogP contribution in [0.15, 0.2) is 218 Å². The highest BCUT2D eigenvalue weighted by Gasteiger charge is 2.21.